The molecular formula is C33H25BrNO2P. The monoisotopic (exact) mass is 577 g/mol. The number of benzene rings is 5. The first kappa shape index (κ1) is 25.8. The normalized spacial score (nSPS) is 12.3. The van der Waals surface area contributed by atoms with Gasteiger partial charge in [0.15, 0.2) is 11.6 Å². The van der Waals surface area contributed by atoms with Crippen LogP contribution in [0, 0.1) is 6.92 Å². The zero-order chi connectivity index (χ0) is 25.6. The van der Waals surface area contributed by atoms with E-state index in [1.807, 2.05) is 67.6 Å². The smallest absolute Gasteiger partial charge is 0.198 e. The zero-order valence-corrected chi connectivity index (χ0v) is 23.2. The topological polar surface area (TPSA) is 60.2 Å². The lowest BCUT2D eigenvalue weighted by atomic mass is 9.82. The first-order chi connectivity index (χ1) is 18.0. The first-order valence-electron chi connectivity index (χ1n) is 12.2. The summed E-state index contributed by atoms with van der Waals surface area (Å²) in [6.45, 7) is 1.92. The van der Waals surface area contributed by atoms with E-state index in [2.05, 4.69) is 36.4 Å². The summed E-state index contributed by atoms with van der Waals surface area (Å²) in [4.78, 5) is 28.2. The summed E-state index contributed by atoms with van der Waals surface area (Å²) < 4.78 is 0. The molecule has 3 nitrogen and oxygen atoms in total. The number of fused-ring (bicyclic) bond motifs is 2. The molecule has 1 aliphatic carbocycles. The maximum atomic E-state index is 14.3. The van der Waals surface area contributed by atoms with E-state index in [0.717, 1.165) is 26.8 Å². The number of carbonyl (C=O) groups excluding carboxylic acids is 2. The summed E-state index contributed by atoms with van der Waals surface area (Å²) in [6.07, 6.45) is 0. The third kappa shape index (κ3) is 3.75. The van der Waals surface area contributed by atoms with Crippen LogP contribution in [0.4, 0.5) is 5.69 Å². The van der Waals surface area contributed by atoms with Crippen molar-refractivity contribution in [2.75, 3.05) is 5.73 Å². The molecule has 6 rings (SSSR count). The molecule has 0 heterocycles. The van der Waals surface area contributed by atoms with Gasteiger partial charge in [-0.05, 0) is 55.0 Å². The number of hydrogen-bond donors (Lipinski definition) is 1. The van der Waals surface area contributed by atoms with E-state index in [9.17, 15) is 9.59 Å². The van der Waals surface area contributed by atoms with Crippen molar-refractivity contribution in [3.8, 4) is 0 Å². The summed E-state index contributed by atoms with van der Waals surface area (Å²) in [6, 6.07) is 40.1. The molecule has 38 heavy (non-hydrogen) atoms. The number of anilines is 1. The Morgan fingerprint density at radius 2 is 0.921 bits per heavy atom. The lowest BCUT2D eigenvalue weighted by molar-refractivity contribution is -0.0000211. The van der Waals surface area contributed by atoms with Crippen LogP contribution in [0.1, 0.15) is 37.4 Å². The lowest BCUT2D eigenvalue weighted by Crippen LogP contribution is -3.00. The molecule has 0 saturated heterocycles. The van der Waals surface area contributed by atoms with Crippen molar-refractivity contribution < 1.29 is 26.6 Å². The van der Waals surface area contributed by atoms with Crippen LogP contribution in [0.15, 0.2) is 121 Å². The molecule has 0 radical (unpaired) electrons. The van der Waals surface area contributed by atoms with Gasteiger partial charge >= 0.3 is 0 Å². The molecule has 0 spiro atoms. The predicted octanol–water partition coefficient (Wildman–Crippen LogP) is 1.98. The largest absolute Gasteiger partial charge is 1.00 e. The molecule has 0 aliphatic heterocycles. The standard InChI is InChI=1S/C33H24NO2P.BrH/c1-22-21-28(29-30(31(22)34)33(36)27-20-12-11-19-26(27)32(29)35)37(23-13-5-2-6-14-23,24-15-7-3-8-16-24)25-17-9-4-10-18-25;/h2-21H,1H3,(H-,34,36);1H. The maximum absolute atomic E-state index is 14.3. The van der Waals surface area contributed by atoms with Gasteiger partial charge in [-0.3, -0.25) is 9.59 Å². The maximum Gasteiger partial charge on any atom is 0.198 e. The van der Waals surface area contributed by atoms with Gasteiger partial charge in [-0.1, -0.05) is 78.9 Å². The molecule has 0 unspecified atom stereocenters. The Hall–Kier alpha value is -3.85. The average Bonchev–Trinajstić information content (AvgIpc) is 2.95. The van der Waals surface area contributed by atoms with Crippen molar-refractivity contribution in [1.82, 2.24) is 0 Å². The molecule has 0 atom stereocenters. The molecule has 2 N–H and O–H groups in total. The average molecular weight is 578 g/mol. The second-order valence-electron chi connectivity index (χ2n) is 9.26. The van der Waals surface area contributed by atoms with Crippen LogP contribution in [0.5, 0.6) is 0 Å². The van der Waals surface area contributed by atoms with Crippen LogP contribution in [-0.4, -0.2) is 11.6 Å². The molecule has 0 aromatic heterocycles. The fourth-order valence-corrected chi connectivity index (χ4v) is 10.0. The van der Waals surface area contributed by atoms with Gasteiger partial charge in [0.2, 0.25) is 0 Å². The minimum absolute atomic E-state index is 0. The van der Waals surface area contributed by atoms with Crippen molar-refractivity contribution >= 4 is 45.7 Å². The van der Waals surface area contributed by atoms with Crippen LogP contribution >= 0.6 is 7.26 Å². The lowest BCUT2D eigenvalue weighted by Gasteiger charge is -2.31. The number of carbonyl (C=O) groups is 2. The molecule has 5 aromatic rings. The Morgan fingerprint density at radius 1 is 0.553 bits per heavy atom. The Kier molecular flexibility index (Phi) is 6.88. The summed E-state index contributed by atoms with van der Waals surface area (Å²) in [5.41, 5.74) is 9.34. The van der Waals surface area contributed by atoms with E-state index < -0.39 is 7.26 Å². The molecule has 1 aliphatic rings. The van der Waals surface area contributed by atoms with Crippen molar-refractivity contribution in [3.05, 3.63) is 149 Å². The number of nitrogens with two attached hydrogens (primary N) is 1. The molecule has 0 fully saturated rings. The zero-order valence-electron chi connectivity index (χ0n) is 20.8. The summed E-state index contributed by atoms with van der Waals surface area (Å²) in [5.74, 6) is -0.348. The van der Waals surface area contributed by atoms with E-state index in [4.69, 9.17) is 5.73 Å². The summed E-state index contributed by atoms with van der Waals surface area (Å²) in [7, 11) is -2.62. The highest BCUT2D eigenvalue weighted by molar-refractivity contribution is 8.01. The van der Waals surface area contributed by atoms with Gasteiger partial charge < -0.3 is 22.7 Å². The first-order valence-corrected chi connectivity index (χ1v) is 14.0. The van der Waals surface area contributed by atoms with Crippen molar-refractivity contribution in [2.24, 2.45) is 0 Å². The Morgan fingerprint density at radius 3 is 1.34 bits per heavy atom. The predicted molar refractivity (Wildman–Crippen MR) is 154 cm³/mol. The second kappa shape index (κ2) is 10.1. The highest BCUT2D eigenvalue weighted by Crippen LogP contribution is 2.56. The number of rotatable bonds is 4. The molecule has 0 saturated carbocycles. The van der Waals surface area contributed by atoms with Gasteiger partial charge in [-0.25, -0.2) is 0 Å². The summed E-state index contributed by atoms with van der Waals surface area (Å²) in [5, 5.41) is 4.19. The number of hydrogen-bond acceptors (Lipinski definition) is 3. The van der Waals surface area contributed by atoms with Crippen LogP contribution in [0.2, 0.25) is 0 Å². The van der Waals surface area contributed by atoms with E-state index in [0.29, 0.717) is 27.9 Å². The minimum atomic E-state index is -2.62. The van der Waals surface area contributed by atoms with Gasteiger partial charge in [-0.2, -0.15) is 0 Å². The Labute approximate surface area is 233 Å². The van der Waals surface area contributed by atoms with E-state index in [-0.39, 0.29) is 28.5 Å². The highest BCUT2D eigenvalue weighted by Gasteiger charge is 2.52. The van der Waals surface area contributed by atoms with Gasteiger partial charge in [0, 0.05) is 16.8 Å². The third-order valence-corrected chi connectivity index (χ3v) is 11.5. The third-order valence-electron chi connectivity index (χ3n) is 7.22. The van der Waals surface area contributed by atoms with Gasteiger partial charge in [-0.15, -0.1) is 0 Å². The van der Waals surface area contributed by atoms with E-state index >= 15 is 0 Å². The summed E-state index contributed by atoms with van der Waals surface area (Å²) >= 11 is 0. The Bertz CT molecular complexity index is 1570. The van der Waals surface area contributed by atoms with Crippen molar-refractivity contribution in [2.45, 2.75) is 6.92 Å². The molecule has 0 amide bonds. The minimum Gasteiger partial charge on any atom is -1.00 e. The quantitative estimate of drug-likeness (QED) is 0.257. The van der Waals surface area contributed by atoms with E-state index in [1.165, 1.54) is 0 Å². The van der Waals surface area contributed by atoms with Crippen molar-refractivity contribution in [3.63, 3.8) is 0 Å². The molecular weight excluding hydrogens is 553 g/mol. The van der Waals surface area contributed by atoms with Crippen LogP contribution in [-0.2, 0) is 0 Å². The SMILES string of the molecule is Cc1cc([P+](c2ccccc2)(c2ccccc2)c2ccccc2)c2c(c1N)C(=O)c1ccccc1C2=O.[Br-]. The van der Waals surface area contributed by atoms with Crippen molar-refractivity contribution in [1.29, 1.82) is 0 Å². The molecule has 5 heteroatoms. The highest BCUT2D eigenvalue weighted by atomic mass is 79.9. The Balaban J connectivity index is 0.00000294. The fourth-order valence-electron chi connectivity index (χ4n) is 5.51. The number of halogens is 1. The molecule has 186 valence electrons. The van der Waals surface area contributed by atoms with Crippen LogP contribution < -0.4 is 43.9 Å². The molecule has 5 aromatic carbocycles. The fraction of sp³-hybridized carbons (Fsp3) is 0.0303. The number of aryl methyl sites for hydroxylation is 1. The number of nitrogen functional groups attached to an aromatic ring is 1. The van der Waals surface area contributed by atoms with Crippen LogP contribution in [0.3, 0.4) is 0 Å². The second-order valence-corrected chi connectivity index (χ2v) is 12.6. The number of ketones is 2. The van der Waals surface area contributed by atoms with Gasteiger partial charge in [0.25, 0.3) is 0 Å². The van der Waals surface area contributed by atoms with E-state index in [1.54, 1.807) is 24.3 Å². The van der Waals surface area contributed by atoms with Gasteiger partial charge in [0.05, 0.1) is 11.1 Å². The molecule has 0 bridgehead atoms. The van der Waals surface area contributed by atoms with Crippen LogP contribution in [0.25, 0.3) is 0 Å². The van der Waals surface area contributed by atoms with Gasteiger partial charge in [0.1, 0.15) is 28.5 Å².